The average molecular weight is 318 g/mol. The average Bonchev–Trinajstić information content (AvgIpc) is 2.79. The first-order valence-electron chi connectivity index (χ1n) is 7.89. The van der Waals surface area contributed by atoms with Gasteiger partial charge < -0.3 is 15.4 Å². The van der Waals surface area contributed by atoms with Crippen molar-refractivity contribution >= 4 is 5.91 Å². The number of nitrogens with two attached hydrogens (primary N) is 1. The van der Waals surface area contributed by atoms with Crippen LogP contribution in [-0.2, 0) is 13.0 Å². The summed E-state index contributed by atoms with van der Waals surface area (Å²) >= 11 is 0. The van der Waals surface area contributed by atoms with Gasteiger partial charge in [-0.3, -0.25) is 4.79 Å². The summed E-state index contributed by atoms with van der Waals surface area (Å²) in [5.74, 6) is -0.801. The van der Waals surface area contributed by atoms with Crippen LogP contribution in [0.25, 0.3) is 11.1 Å². The predicted molar refractivity (Wildman–Crippen MR) is 88.8 cm³/mol. The first kappa shape index (κ1) is 17.2. The highest BCUT2D eigenvalue weighted by Gasteiger charge is 2.24. The molecule has 0 saturated heterocycles. The van der Waals surface area contributed by atoms with Crippen molar-refractivity contribution in [1.82, 2.24) is 4.57 Å². The monoisotopic (exact) mass is 318 g/mol. The smallest absolute Gasteiger partial charge is 0.251 e. The maximum absolute atomic E-state index is 13.2. The zero-order chi connectivity index (χ0) is 17.0. The number of hydrogen-bond donors (Lipinski definition) is 2. The number of benzene rings is 1. The zero-order valence-corrected chi connectivity index (χ0v) is 13.6. The number of carbonyl (C=O) groups is 1. The fourth-order valence-corrected chi connectivity index (χ4v) is 3.05. The van der Waals surface area contributed by atoms with E-state index in [1.165, 1.54) is 12.1 Å². The number of nitrogens with zero attached hydrogens (tertiary/aromatic N) is 1. The van der Waals surface area contributed by atoms with Crippen molar-refractivity contribution in [3.05, 3.63) is 47.0 Å². The largest absolute Gasteiger partial charge is 0.396 e. The minimum absolute atomic E-state index is 0.0843. The highest BCUT2D eigenvalue weighted by Crippen LogP contribution is 2.34. The number of rotatable bonds is 7. The van der Waals surface area contributed by atoms with Gasteiger partial charge in [0.15, 0.2) is 0 Å². The minimum Gasteiger partial charge on any atom is -0.396 e. The number of aliphatic hydroxyl groups is 1. The number of primary amides is 1. The van der Waals surface area contributed by atoms with E-state index in [9.17, 15) is 9.18 Å². The molecule has 1 aromatic heterocycles. The molecule has 124 valence electrons. The van der Waals surface area contributed by atoms with Crippen LogP contribution in [0.15, 0.2) is 24.3 Å². The Morgan fingerprint density at radius 1 is 1.30 bits per heavy atom. The molecular weight excluding hydrogens is 295 g/mol. The fraction of sp³-hybridized carbons (Fsp3) is 0.389. The van der Waals surface area contributed by atoms with Crippen molar-refractivity contribution < 1.29 is 14.3 Å². The van der Waals surface area contributed by atoms with Gasteiger partial charge >= 0.3 is 0 Å². The summed E-state index contributed by atoms with van der Waals surface area (Å²) in [5, 5.41) is 9.13. The number of aromatic nitrogens is 1. The maximum atomic E-state index is 13.2. The zero-order valence-electron chi connectivity index (χ0n) is 13.6. The van der Waals surface area contributed by atoms with Crippen molar-refractivity contribution in [2.24, 2.45) is 5.73 Å². The summed E-state index contributed by atoms with van der Waals surface area (Å²) in [5.41, 5.74) is 9.48. The highest BCUT2D eigenvalue weighted by atomic mass is 19.1. The second-order valence-corrected chi connectivity index (χ2v) is 5.63. The van der Waals surface area contributed by atoms with Crippen LogP contribution in [-0.4, -0.2) is 22.2 Å². The molecule has 0 aliphatic heterocycles. The molecular formula is C18H23FN2O2. The quantitative estimate of drug-likeness (QED) is 0.824. The lowest BCUT2D eigenvalue weighted by molar-refractivity contribution is 0.1000. The van der Waals surface area contributed by atoms with Gasteiger partial charge in [0.1, 0.15) is 5.82 Å². The third kappa shape index (κ3) is 3.45. The van der Waals surface area contributed by atoms with E-state index in [1.54, 1.807) is 12.1 Å². The summed E-state index contributed by atoms with van der Waals surface area (Å²) < 4.78 is 15.3. The standard InChI is InChI=1S/C18H23FN2O2/c1-3-5-15-17(13-6-8-14(19)9-7-13)16(18(20)23)12(2)21(15)10-4-11-22/h6-9,22H,3-5,10-11H2,1-2H3,(H2,20,23). The van der Waals surface area contributed by atoms with Crippen LogP contribution < -0.4 is 5.73 Å². The summed E-state index contributed by atoms with van der Waals surface area (Å²) in [7, 11) is 0. The van der Waals surface area contributed by atoms with Gasteiger partial charge in [0, 0.05) is 30.1 Å². The van der Waals surface area contributed by atoms with Gasteiger partial charge in [-0.15, -0.1) is 0 Å². The van der Waals surface area contributed by atoms with Crippen LogP contribution in [0.2, 0.25) is 0 Å². The molecule has 0 radical (unpaired) electrons. The Morgan fingerprint density at radius 3 is 2.48 bits per heavy atom. The molecule has 1 heterocycles. The van der Waals surface area contributed by atoms with Crippen LogP contribution in [0.5, 0.6) is 0 Å². The fourth-order valence-electron chi connectivity index (χ4n) is 3.05. The lowest BCUT2D eigenvalue weighted by Crippen LogP contribution is -2.13. The van der Waals surface area contributed by atoms with E-state index in [0.717, 1.165) is 35.4 Å². The van der Waals surface area contributed by atoms with E-state index >= 15 is 0 Å². The van der Waals surface area contributed by atoms with E-state index in [1.807, 2.05) is 6.92 Å². The lowest BCUT2D eigenvalue weighted by Gasteiger charge is -2.12. The summed E-state index contributed by atoms with van der Waals surface area (Å²) in [6, 6.07) is 6.12. The second-order valence-electron chi connectivity index (χ2n) is 5.63. The Morgan fingerprint density at radius 2 is 1.96 bits per heavy atom. The van der Waals surface area contributed by atoms with Gasteiger partial charge in [0.2, 0.25) is 0 Å². The van der Waals surface area contributed by atoms with Crippen molar-refractivity contribution in [3.63, 3.8) is 0 Å². The normalized spacial score (nSPS) is 11.0. The Labute approximate surface area is 135 Å². The Hall–Kier alpha value is -2.14. The minimum atomic E-state index is -0.484. The molecule has 2 rings (SSSR count). The molecule has 23 heavy (non-hydrogen) atoms. The third-order valence-electron chi connectivity index (χ3n) is 4.04. The van der Waals surface area contributed by atoms with Crippen LogP contribution >= 0.6 is 0 Å². The molecule has 3 N–H and O–H groups in total. The molecule has 0 aliphatic carbocycles. The molecule has 0 bridgehead atoms. The van der Waals surface area contributed by atoms with Gasteiger partial charge in [-0.1, -0.05) is 25.5 Å². The van der Waals surface area contributed by atoms with Gasteiger partial charge in [-0.2, -0.15) is 0 Å². The summed E-state index contributed by atoms with van der Waals surface area (Å²) in [6.45, 7) is 4.64. The predicted octanol–water partition coefficient (Wildman–Crippen LogP) is 3.04. The number of hydrogen-bond acceptors (Lipinski definition) is 2. The molecule has 1 amide bonds. The van der Waals surface area contributed by atoms with Crippen molar-refractivity contribution in [2.75, 3.05) is 6.61 Å². The van der Waals surface area contributed by atoms with E-state index in [0.29, 0.717) is 18.5 Å². The molecule has 2 aromatic rings. The van der Waals surface area contributed by atoms with Gasteiger partial charge in [0.25, 0.3) is 5.91 Å². The number of aliphatic hydroxyl groups excluding tert-OH is 1. The molecule has 4 nitrogen and oxygen atoms in total. The molecule has 0 atom stereocenters. The first-order valence-corrected chi connectivity index (χ1v) is 7.89. The van der Waals surface area contributed by atoms with Gasteiger partial charge in [0.05, 0.1) is 5.56 Å². The van der Waals surface area contributed by atoms with Crippen molar-refractivity contribution in [2.45, 2.75) is 39.7 Å². The van der Waals surface area contributed by atoms with Crippen LogP contribution in [0.3, 0.4) is 0 Å². The van der Waals surface area contributed by atoms with Crippen LogP contribution in [0.4, 0.5) is 4.39 Å². The molecule has 0 fully saturated rings. The maximum Gasteiger partial charge on any atom is 0.251 e. The first-order chi connectivity index (χ1) is 11.0. The Kier molecular flexibility index (Phi) is 5.55. The van der Waals surface area contributed by atoms with E-state index in [-0.39, 0.29) is 12.4 Å². The van der Waals surface area contributed by atoms with Gasteiger partial charge in [-0.05, 0) is 37.5 Å². The van der Waals surface area contributed by atoms with Crippen LogP contribution in [0, 0.1) is 12.7 Å². The highest BCUT2D eigenvalue weighted by molar-refractivity contribution is 6.02. The van der Waals surface area contributed by atoms with E-state index < -0.39 is 5.91 Å². The van der Waals surface area contributed by atoms with Crippen molar-refractivity contribution in [3.8, 4) is 11.1 Å². The summed E-state index contributed by atoms with van der Waals surface area (Å²) in [4.78, 5) is 12.0. The second kappa shape index (κ2) is 7.42. The number of amides is 1. The number of halogens is 1. The molecule has 0 saturated carbocycles. The third-order valence-corrected chi connectivity index (χ3v) is 4.04. The lowest BCUT2D eigenvalue weighted by atomic mass is 9.98. The topological polar surface area (TPSA) is 68.2 Å². The SMILES string of the molecule is CCCc1c(-c2ccc(F)cc2)c(C(N)=O)c(C)n1CCCO. The molecule has 0 aliphatic rings. The van der Waals surface area contributed by atoms with Crippen LogP contribution in [0.1, 0.15) is 41.5 Å². The number of carbonyl (C=O) groups excluding carboxylic acids is 1. The van der Waals surface area contributed by atoms with Crippen molar-refractivity contribution in [1.29, 1.82) is 0 Å². The Balaban J connectivity index is 2.70. The molecule has 1 aromatic carbocycles. The van der Waals surface area contributed by atoms with Gasteiger partial charge in [-0.25, -0.2) is 4.39 Å². The van der Waals surface area contributed by atoms with E-state index in [4.69, 9.17) is 10.8 Å². The summed E-state index contributed by atoms with van der Waals surface area (Å²) in [6.07, 6.45) is 2.30. The molecule has 5 heteroatoms. The molecule has 0 unspecified atom stereocenters. The van der Waals surface area contributed by atoms with E-state index in [2.05, 4.69) is 11.5 Å². The molecule has 0 spiro atoms. The Bertz CT molecular complexity index is 690.